The molecule has 1 heterocycles. The van der Waals surface area contributed by atoms with E-state index in [-0.39, 0.29) is 0 Å². The van der Waals surface area contributed by atoms with Crippen LogP contribution >= 0.6 is 0 Å². The lowest BCUT2D eigenvalue weighted by Crippen LogP contribution is -2.14. The third-order valence-corrected chi connectivity index (χ3v) is 3.14. The summed E-state index contributed by atoms with van der Waals surface area (Å²) in [7, 11) is 0. The molecule has 0 saturated heterocycles. The molecule has 0 spiro atoms. The molecule has 1 saturated carbocycles. The number of hydrogen-bond acceptors (Lipinski definition) is 3. The minimum atomic E-state index is 0.300. The molecule has 94 valence electrons. The van der Waals surface area contributed by atoms with Gasteiger partial charge in [-0.25, -0.2) is 0 Å². The lowest BCUT2D eigenvalue weighted by Gasteiger charge is -2.02. The van der Waals surface area contributed by atoms with Crippen molar-refractivity contribution in [3.63, 3.8) is 0 Å². The van der Waals surface area contributed by atoms with Gasteiger partial charge >= 0.3 is 0 Å². The fraction of sp³-hybridized carbons (Fsp3) is 0.357. The predicted molar refractivity (Wildman–Crippen MR) is 69.3 cm³/mol. The van der Waals surface area contributed by atoms with Crippen molar-refractivity contribution in [2.75, 3.05) is 0 Å². The lowest BCUT2D eigenvalue weighted by atomic mass is 10.2. The Bertz CT molecular complexity index is 514. The van der Waals surface area contributed by atoms with Crippen LogP contribution in [0.1, 0.15) is 24.0 Å². The van der Waals surface area contributed by atoms with Gasteiger partial charge in [0.25, 0.3) is 0 Å². The molecule has 4 heteroatoms. The SMILES string of the molecule is Oc1ccc(Cn2cc(CNC3CC3)cn2)cc1. The van der Waals surface area contributed by atoms with Gasteiger partial charge in [-0.15, -0.1) is 0 Å². The second kappa shape index (κ2) is 4.82. The van der Waals surface area contributed by atoms with E-state index < -0.39 is 0 Å². The Labute approximate surface area is 106 Å². The molecule has 2 aromatic rings. The van der Waals surface area contributed by atoms with Crippen molar-refractivity contribution in [1.29, 1.82) is 0 Å². The smallest absolute Gasteiger partial charge is 0.115 e. The largest absolute Gasteiger partial charge is 0.508 e. The van der Waals surface area contributed by atoms with Crippen molar-refractivity contribution in [2.45, 2.75) is 32.0 Å². The average Bonchev–Trinajstić information content (AvgIpc) is 3.10. The van der Waals surface area contributed by atoms with E-state index in [1.807, 2.05) is 23.0 Å². The van der Waals surface area contributed by atoms with E-state index in [9.17, 15) is 5.11 Å². The lowest BCUT2D eigenvalue weighted by molar-refractivity contribution is 0.475. The number of hydrogen-bond donors (Lipinski definition) is 2. The fourth-order valence-corrected chi connectivity index (χ4v) is 1.92. The third-order valence-electron chi connectivity index (χ3n) is 3.14. The number of aromatic nitrogens is 2. The van der Waals surface area contributed by atoms with Crippen LogP contribution in [-0.2, 0) is 13.1 Å². The van der Waals surface area contributed by atoms with Gasteiger partial charge in [-0.1, -0.05) is 12.1 Å². The maximum Gasteiger partial charge on any atom is 0.115 e. The van der Waals surface area contributed by atoms with E-state index in [4.69, 9.17) is 0 Å². The highest BCUT2D eigenvalue weighted by Gasteiger charge is 2.20. The molecule has 1 aliphatic carbocycles. The van der Waals surface area contributed by atoms with E-state index in [1.54, 1.807) is 12.1 Å². The van der Waals surface area contributed by atoms with Gasteiger partial charge in [0.2, 0.25) is 0 Å². The monoisotopic (exact) mass is 243 g/mol. The van der Waals surface area contributed by atoms with Gasteiger partial charge in [0.15, 0.2) is 0 Å². The number of benzene rings is 1. The molecule has 1 aromatic heterocycles. The molecule has 1 aromatic carbocycles. The highest BCUT2D eigenvalue weighted by atomic mass is 16.3. The summed E-state index contributed by atoms with van der Waals surface area (Å²) in [6.45, 7) is 1.64. The summed E-state index contributed by atoms with van der Waals surface area (Å²) in [5.74, 6) is 0.300. The van der Waals surface area contributed by atoms with E-state index in [2.05, 4.69) is 16.6 Å². The number of nitrogens with zero attached hydrogens (tertiary/aromatic N) is 2. The van der Waals surface area contributed by atoms with Crippen LogP contribution in [0.25, 0.3) is 0 Å². The first-order valence-corrected chi connectivity index (χ1v) is 6.32. The Morgan fingerprint density at radius 1 is 1.22 bits per heavy atom. The summed E-state index contributed by atoms with van der Waals surface area (Å²) in [6, 6.07) is 7.96. The van der Waals surface area contributed by atoms with Crippen molar-refractivity contribution in [1.82, 2.24) is 15.1 Å². The second-order valence-electron chi connectivity index (χ2n) is 4.87. The Kier molecular flexibility index (Phi) is 3.02. The van der Waals surface area contributed by atoms with Gasteiger partial charge in [0, 0.05) is 24.3 Å². The molecule has 0 unspecified atom stereocenters. The maximum atomic E-state index is 9.22. The number of aromatic hydroxyl groups is 1. The number of rotatable bonds is 5. The fourth-order valence-electron chi connectivity index (χ4n) is 1.92. The van der Waals surface area contributed by atoms with E-state index >= 15 is 0 Å². The summed E-state index contributed by atoms with van der Waals surface area (Å²) >= 11 is 0. The molecule has 0 amide bonds. The van der Waals surface area contributed by atoms with Gasteiger partial charge < -0.3 is 10.4 Å². The van der Waals surface area contributed by atoms with Crippen molar-refractivity contribution in [3.05, 3.63) is 47.8 Å². The Hall–Kier alpha value is -1.81. The minimum absolute atomic E-state index is 0.300. The standard InChI is InChI=1S/C14H17N3O/c18-14-5-1-11(2-6-14)9-17-10-12(8-16-17)7-15-13-3-4-13/h1-2,5-6,8,10,13,15,18H,3-4,7,9H2. The molecule has 1 aliphatic rings. The number of phenols is 1. The molecule has 0 radical (unpaired) electrons. The second-order valence-corrected chi connectivity index (χ2v) is 4.87. The van der Waals surface area contributed by atoms with Crippen LogP contribution in [0.2, 0.25) is 0 Å². The molecule has 1 fully saturated rings. The van der Waals surface area contributed by atoms with Crippen molar-refractivity contribution < 1.29 is 5.11 Å². The summed E-state index contributed by atoms with van der Waals surface area (Å²) in [5, 5.41) is 17.0. The Balaban J connectivity index is 1.60. The molecular weight excluding hydrogens is 226 g/mol. The normalized spacial score (nSPS) is 14.9. The first-order valence-electron chi connectivity index (χ1n) is 6.32. The molecule has 18 heavy (non-hydrogen) atoms. The van der Waals surface area contributed by atoms with Gasteiger partial charge in [0.1, 0.15) is 5.75 Å². The summed E-state index contributed by atoms with van der Waals surface area (Å²) in [4.78, 5) is 0. The van der Waals surface area contributed by atoms with E-state index in [0.717, 1.165) is 24.7 Å². The molecular formula is C14H17N3O. The average molecular weight is 243 g/mol. The van der Waals surface area contributed by atoms with Crippen LogP contribution in [0.3, 0.4) is 0 Å². The minimum Gasteiger partial charge on any atom is -0.508 e. The van der Waals surface area contributed by atoms with E-state index in [0.29, 0.717) is 5.75 Å². The van der Waals surface area contributed by atoms with Crippen LogP contribution in [0.15, 0.2) is 36.7 Å². The van der Waals surface area contributed by atoms with Crippen molar-refractivity contribution >= 4 is 0 Å². The zero-order chi connectivity index (χ0) is 12.4. The number of nitrogens with one attached hydrogen (secondary N) is 1. The summed E-state index contributed by atoms with van der Waals surface area (Å²) < 4.78 is 1.93. The van der Waals surface area contributed by atoms with Crippen LogP contribution in [0.5, 0.6) is 5.75 Å². The van der Waals surface area contributed by atoms with Crippen LogP contribution in [0, 0.1) is 0 Å². The van der Waals surface area contributed by atoms with Crippen molar-refractivity contribution in [2.24, 2.45) is 0 Å². The van der Waals surface area contributed by atoms with Crippen LogP contribution in [-0.4, -0.2) is 20.9 Å². The Morgan fingerprint density at radius 2 is 2.00 bits per heavy atom. The molecule has 0 aliphatic heterocycles. The van der Waals surface area contributed by atoms with Gasteiger partial charge in [-0.3, -0.25) is 4.68 Å². The van der Waals surface area contributed by atoms with Gasteiger partial charge in [-0.2, -0.15) is 5.10 Å². The zero-order valence-corrected chi connectivity index (χ0v) is 10.2. The van der Waals surface area contributed by atoms with E-state index in [1.165, 1.54) is 18.4 Å². The van der Waals surface area contributed by atoms with Crippen LogP contribution in [0.4, 0.5) is 0 Å². The maximum absolute atomic E-state index is 9.22. The molecule has 3 rings (SSSR count). The molecule has 2 N–H and O–H groups in total. The quantitative estimate of drug-likeness (QED) is 0.843. The highest BCUT2D eigenvalue weighted by molar-refractivity contribution is 5.26. The summed E-state index contributed by atoms with van der Waals surface area (Å²) in [6.07, 6.45) is 6.60. The predicted octanol–water partition coefficient (Wildman–Crippen LogP) is 1.89. The third kappa shape index (κ3) is 2.90. The van der Waals surface area contributed by atoms with Gasteiger partial charge in [-0.05, 0) is 30.5 Å². The first kappa shape index (κ1) is 11.3. The molecule has 0 atom stereocenters. The highest BCUT2D eigenvalue weighted by Crippen LogP contribution is 2.19. The first-order chi connectivity index (χ1) is 8.79. The van der Waals surface area contributed by atoms with Crippen LogP contribution < -0.4 is 5.32 Å². The summed E-state index contributed by atoms with van der Waals surface area (Å²) in [5.41, 5.74) is 2.36. The Morgan fingerprint density at radius 3 is 2.72 bits per heavy atom. The number of phenolic OH excluding ortho intramolecular Hbond substituents is 1. The van der Waals surface area contributed by atoms with Crippen molar-refractivity contribution in [3.8, 4) is 5.75 Å². The zero-order valence-electron chi connectivity index (χ0n) is 10.2. The van der Waals surface area contributed by atoms with Gasteiger partial charge in [0.05, 0.1) is 12.7 Å². The topological polar surface area (TPSA) is 50.1 Å². The molecule has 0 bridgehead atoms. The molecule has 4 nitrogen and oxygen atoms in total.